The molecule has 2 nitrogen and oxygen atoms in total. The Labute approximate surface area is 97.8 Å². The first-order chi connectivity index (χ1) is 7.55. The summed E-state index contributed by atoms with van der Waals surface area (Å²) in [5, 5.41) is 0. The minimum absolute atomic E-state index is 0.122. The van der Waals surface area contributed by atoms with Crippen molar-refractivity contribution in [3.05, 3.63) is 29.8 Å². The minimum Gasteiger partial charge on any atom is -0.497 e. The molecule has 0 saturated heterocycles. The van der Waals surface area contributed by atoms with Gasteiger partial charge in [0.15, 0.2) is 0 Å². The third-order valence-corrected chi connectivity index (χ3v) is 3.84. The summed E-state index contributed by atoms with van der Waals surface area (Å²) < 4.78 is 5.24. The normalized spacial score (nSPS) is 28.9. The van der Waals surface area contributed by atoms with Crippen molar-refractivity contribution in [2.24, 2.45) is 17.6 Å². The lowest BCUT2D eigenvalue weighted by molar-refractivity contribution is 0.104. The predicted molar refractivity (Wildman–Crippen MR) is 66.4 cm³/mol. The van der Waals surface area contributed by atoms with Gasteiger partial charge in [-0.2, -0.15) is 0 Å². The van der Waals surface area contributed by atoms with Crippen LogP contribution < -0.4 is 10.5 Å². The number of hydrogen-bond donors (Lipinski definition) is 1. The molecule has 0 aliphatic heterocycles. The summed E-state index contributed by atoms with van der Waals surface area (Å²) in [6.45, 7) is 4.55. The summed E-state index contributed by atoms with van der Waals surface area (Å²) >= 11 is 0. The Balaban J connectivity index is 2.13. The van der Waals surface area contributed by atoms with E-state index < -0.39 is 0 Å². The van der Waals surface area contributed by atoms with Crippen LogP contribution in [0.4, 0.5) is 0 Å². The van der Waals surface area contributed by atoms with Gasteiger partial charge in [-0.15, -0.1) is 0 Å². The molecule has 1 aliphatic carbocycles. The summed E-state index contributed by atoms with van der Waals surface area (Å²) in [5.41, 5.74) is 7.51. The van der Waals surface area contributed by atoms with Crippen LogP contribution in [0, 0.1) is 11.8 Å². The van der Waals surface area contributed by atoms with E-state index in [1.165, 1.54) is 5.56 Å². The Morgan fingerprint density at radius 1 is 1.38 bits per heavy atom. The van der Waals surface area contributed by atoms with E-state index >= 15 is 0 Å². The molecule has 0 atom stereocenters. The number of rotatable bonds is 3. The molecule has 0 spiro atoms. The summed E-state index contributed by atoms with van der Waals surface area (Å²) in [6, 6.07) is 8.16. The SMILES string of the molecule is COc1cccc(C2(N)CC(C(C)C)C2)c1. The Hall–Kier alpha value is -1.02. The highest BCUT2D eigenvalue weighted by atomic mass is 16.5. The maximum Gasteiger partial charge on any atom is 0.119 e. The van der Waals surface area contributed by atoms with Crippen LogP contribution in [-0.2, 0) is 5.54 Å². The lowest BCUT2D eigenvalue weighted by atomic mass is 9.62. The fourth-order valence-corrected chi connectivity index (χ4v) is 2.52. The van der Waals surface area contributed by atoms with E-state index in [1.54, 1.807) is 7.11 Å². The van der Waals surface area contributed by atoms with Crippen LogP contribution >= 0.6 is 0 Å². The van der Waals surface area contributed by atoms with Gasteiger partial charge in [-0.05, 0) is 42.4 Å². The lowest BCUT2D eigenvalue weighted by Crippen LogP contribution is -2.50. The quantitative estimate of drug-likeness (QED) is 0.848. The maximum absolute atomic E-state index is 6.42. The second-order valence-corrected chi connectivity index (χ2v) is 5.30. The molecule has 0 radical (unpaired) electrons. The molecule has 0 unspecified atom stereocenters. The largest absolute Gasteiger partial charge is 0.497 e. The molecule has 2 rings (SSSR count). The number of ether oxygens (including phenoxy) is 1. The summed E-state index contributed by atoms with van der Waals surface area (Å²) in [6.07, 6.45) is 2.19. The average molecular weight is 219 g/mol. The molecule has 0 heterocycles. The van der Waals surface area contributed by atoms with Crippen molar-refractivity contribution in [1.82, 2.24) is 0 Å². The first-order valence-electron chi connectivity index (χ1n) is 5.98. The van der Waals surface area contributed by atoms with E-state index in [1.807, 2.05) is 12.1 Å². The van der Waals surface area contributed by atoms with Crippen LogP contribution in [0.2, 0.25) is 0 Å². The van der Waals surface area contributed by atoms with Crippen molar-refractivity contribution in [3.8, 4) is 5.75 Å². The van der Waals surface area contributed by atoms with Crippen molar-refractivity contribution in [2.75, 3.05) is 7.11 Å². The maximum atomic E-state index is 6.42. The lowest BCUT2D eigenvalue weighted by Gasteiger charge is -2.47. The highest BCUT2D eigenvalue weighted by Crippen LogP contribution is 2.47. The van der Waals surface area contributed by atoms with Crippen molar-refractivity contribution in [2.45, 2.75) is 32.2 Å². The highest BCUT2D eigenvalue weighted by Gasteiger charge is 2.43. The first-order valence-corrected chi connectivity index (χ1v) is 5.98. The Morgan fingerprint density at radius 3 is 2.62 bits per heavy atom. The summed E-state index contributed by atoms with van der Waals surface area (Å²) in [7, 11) is 1.69. The van der Waals surface area contributed by atoms with Crippen LogP contribution in [0.1, 0.15) is 32.3 Å². The van der Waals surface area contributed by atoms with Gasteiger partial charge in [-0.25, -0.2) is 0 Å². The van der Waals surface area contributed by atoms with Crippen LogP contribution in [0.15, 0.2) is 24.3 Å². The van der Waals surface area contributed by atoms with Gasteiger partial charge in [-0.1, -0.05) is 26.0 Å². The van der Waals surface area contributed by atoms with Crippen molar-refractivity contribution in [1.29, 1.82) is 0 Å². The smallest absolute Gasteiger partial charge is 0.119 e. The van der Waals surface area contributed by atoms with Crippen molar-refractivity contribution in [3.63, 3.8) is 0 Å². The van der Waals surface area contributed by atoms with E-state index in [0.717, 1.165) is 30.4 Å². The van der Waals surface area contributed by atoms with Crippen LogP contribution in [0.5, 0.6) is 5.75 Å². The average Bonchev–Trinajstić information content (AvgIpc) is 2.24. The molecule has 1 saturated carbocycles. The molecule has 1 aromatic rings. The van der Waals surface area contributed by atoms with E-state index in [0.29, 0.717) is 0 Å². The van der Waals surface area contributed by atoms with Crippen LogP contribution in [0.3, 0.4) is 0 Å². The minimum atomic E-state index is -0.122. The fraction of sp³-hybridized carbons (Fsp3) is 0.571. The van der Waals surface area contributed by atoms with Gasteiger partial charge in [0.25, 0.3) is 0 Å². The van der Waals surface area contributed by atoms with Crippen LogP contribution in [-0.4, -0.2) is 7.11 Å². The molecule has 0 bridgehead atoms. The molecule has 0 aromatic heterocycles. The fourth-order valence-electron chi connectivity index (χ4n) is 2.52. The molecule has 1 aliphatic rings. The topological polar surface area (TPSA) is 35.2 Å². The van der Waals surface area contributed by atoms with Gasteiger partial charge in [0, 0.05) is 5.54 Å². The van der Waals surface area contributed by atoms with Crippen molar-refractivity contribution < 1.29 is 4.74 Å². The molecule has 1 fully saturated rings. The van der Waals surface area contributed by atoms with Gasteiger partial charge in [0.1, 0.15) is 5.75 Å². The van der Waals surface area contributed by atoms with E-state index in [9.17, 15) is 0 Å². The van der Waals surface area contributed by atoms with Gasteiger partial charge >= 0.3 is 0 Å². The summed E-state index contributed by atoms with van der Waals surface area (Å²) in [5.74, 6) is 2.41. The zero-order valence-electron chi connectivity index (χ0n) is 10.4. The molecule has 16 heavy (non-hydrogen) atoms. The molecule has 2 N–H and O–H groups in total. The third-order valence-electron chi connectivity index (χ3n) is 3.84. The number of nitrogens with two attached hydrogens (primary N) is 1. The van der Waals surface area contributed by atoms with Crippen molar-refractivity contribution >= 4 is 0 Å². The monoisotopic (exact) mass is 219 g/mol. The predicted octanol–water partition coefficient (Wildman–Crippen LogP) is 2.92. The molecule has 88 valence electrons. The zero-order valence-corrected chi connectivity index (χ0v) is 10.4. The number of methoxy groups -OCH3 is 1. The zero-order chi connectivity index (χ0) is 11.8. The van der Waals surface area contributed by atoms with Gasteiger partial charge in [0.2, 0.25) is 0 Å². The van der Waals surface area contributed by atoms with E-state index in [-0.39, 0.29) is 5.54 Å². The summed E-state index contributed by atoms with van der Waals surface area (Å²) in [4.78, 5) is 0. The molecule has 1 aromatic carbocycles. The van der Waals surface area contributed by atoms with Gasteiger partial charge in [0.05, 0.1) is 7.11 Å². The van der Waals surface area contributed by atoms with Gasteiger partial charge < -0.3 is 10.5 Å². The standard InChI is InChI=1S/C14H21NO/c1-10(2)11-8-14(15,9-11)12-5-4-6-13(7-12)16-3/h4-7,10-11H,8-9,15H2,1-3H3. The molecule has 0 amide bonds. The van der Waals surface area contributed by atoms with E-state index in [2.05, 4.69) is 26.0 Å². The second-order valence-electron chi connectivity index (χ2n) is 5.30. The van der Waals surface area contributed by atoms with Gasteiger partial charge in [-0.3, -0.25) is 0 Å². The number of hydrogen-bond acceptors (Lipinski definition) is 2. The number of benzene rings is 1. The Bertz CT molecular complexity index is 367. The molecular weight excluding hydrogens is 198 g/mol. The third kappa shape index (κ3) is 1.94. The Morgan fingerprint density at radius 2 is 2.06 bits per heavy atom. The molecular formula is C14H21NO. The van der Waals surface area contributed by atoms with Crippen LogP contribution in [0.25, 0.3) is 0 Å². The first kappa shape index (κ1) is 11.5. The second kappa shape index (κ2) is 4.10. The molecule has 2 heteroatoms. The highest BCUT2D eigenvalue weighted by molar-refractivity contribution is 5.35. The van der Waals surface area contributed by atoms with E-state index in [4.69, 9.17) is 10.5 Å². The Kier molecular flexibility index (Phi) is 2.94.